The van der Waals surface area contributed by atoms with Gasteiger partial charge in [-0.25, -0.2) is 4.79 Å². The van der Waals surface area contributed by atoms with Crippen LogP contribution in [0.1, 0.15) is 65.2 Å². The van der Waals surface area contributed by atoms with Crippen molar-refractivity contribution in [1.82, 2.24) is 15.1 Å². The van der Waals surface area contributed by atoms with Crippen molar-refractivity contribution in [3.8, 4) is 0 Å². The molecule has 1 saturated carbocycles. The second kappa shape index (κ2) is 7.18. The van der Waals surface area contributed by atoms with Crippen LogP contribution in [0.15, 0.2) is 11.8 Å². The Bertz CT molecular complexity index is 601. The summed E-state index contributed by atoms with van der Waals surface area (Å²) < 4.78 is 0. The highest BCUT2D eigenvalue weighted by Gasteiger charge is 2.55. The van der Waals surface area contributed by atoms with Gasteiger partial charge in [-0.15, -0.1) is 0 Å². The van der Waals surface area contributed by atoms with E-state index in [1.807, 2.05) is 13.8 Å². The second-order valence-corrected chi connectivity index (χ2v) is 7.57. The van der Waals surface area contributed by atoms with Gasteiger partial charge in [-0.3, -0.25) is 14.5 Å². The lowest BCUT2D eigenvalue weighted by Crippen LogP contribution is -2.54. The molecule has 0 radical (unpaired) electrons. The zero-order valence-electron chi connectivity index (χ0n) is 15.3. The Morgan fingerprint density at radius 1 is 1.36 bits per heavy atom. The fraction of sp³-hybridized carbons (Fsp3) is 0.737. The molecular weight excluding hydrogens is 318 g/mol. The SMILES string of the molecule is CCCN(C(=O)CN1C(=O)N[C@@]2(CCCC[C@H]2C)C1=O)C1=CCCC1. The summed E-state index contributed by atoms with van der Waals surface area (Å²) in [7, 11) is 0. The first-order valence-corrected chi connectivity index (χ1v) is 9.63. The summed E-state index contributed by atoms with van der Waals surface area (Å²) in [6.45, 7) is 4.53. The largest absolute Gasteiger partial charge is 0.325 e. The van der Waals surface area contributed by atoms with E-state index in [-0.39, 0.29) is 24.3 Å². The Hall–Kier alpha value is -1.85. The fourth-order valence-electron chi connectivity index (χ4n) is 4.41. The third-order valence-corrected chi connectivity index (χ3v) is 5.91. The molecule has 3 aliphatic rings. The van der Waals surface area contributed by atoms with Crippen LogP contribution in [0.3, 0.4) is 0 Å². The normalized spacial score (nSPS) is 29.1. The molecule has 4 amide bonds. The van der Waals surface area contributed by atoms with Crippen molar-refractivity contribution < 1.29 is 14.4 Å². The van der Waals surface area contributed by atoms with Crippen LogP contribution in [0.5, 0.6) is 0 Å². The molecule has 1 heterocycles. The Kier molecular flexibility index (Phi) is 5.16. The molecule has 1 spiro atoms. The maximum Gasteiger partial charge on any atom is 0.325 e. The maximum atomic E-state index is 13.0. The number of carbonyl (C=O) groups is 3. The van der Waals surface area contributed by atoms with Gasteiger partial charge in [0.05, 0.1) is 0 Å². The number of amides is 4. The third-order valence-electron chi connectivity index (χ3n) is 5.91. The molecule has 2 aliphatic carbocycles. The Balaban J connectivity index is 1.74. The zero-order valence-corrected chi connectivity index (χ0v) is 15.3. The first-order valence-electron chi connectivity index (χ1n) is 9.63. The van der Waals surface area contributed by atoms with E-state index in [1.165, 1.54) is 0 Å². The summed E-state index contributed by atoms with van der Waals surface area (Å²) >= 11 is 0. The predicted octanol–water partition coefficient (Wildman–Crippen LogP) is 2.79. The summed E-state index contributed by atoms with van der Waals surface area (Å²) in [4.78, 5) is 41.2. The highest BCUT2D eigenvalue weighted by Crippen LogP contribution is 2.38. The number of hydrogen-bond acceptors (Lipinski definition) is 3. The van der Waals surface area contributed by atoms with Gasteiger partial charge in [0.1, 0.15) is 12.1 Å². The smallest absolute Gasteiger partial charge is 0.323 e. The molecular formula is C19H29N3O3. The minimum absolute atomic E-state index is 0.113. The summed E-state index contributed by atoms with van der Waals surface area (Å²) in [5.41, 5.74) is 0.248. The Morgan fingerprint density at radius 2 is 2.16 bits per heavy atom. The van der Waals surface area contributed by atoms with Crippen LogP contribution in [0.25, 0.3) is 0 Å². The molecule has 2 atom stereocenters. The van der Waals surface area contributed by atoms with E-state index in [9.17, 15) is 14.4 Å². The van der Waals surface area contributed by atoms with Gasteiger partial charge in [-0.2, -0.15) is 0 Å². The van der Waals surface area contributed by atoms with Crippen LogP contribution in [-0.2, 0) is 9.59 Å². The number of carbonyl (C=O) groups excluding carboxylic acids is 3. The van der Waals surface area contributed by atoms with Crippen molar-refractivity contribution in [3.05, 3.63) is 11.8 Å². The standard InChI is InChI=1S/C19H29N3O3/c1-3-12-21(15-9-4-5-10-15)16(23)13-22-17(24)19(20-18(22)25)11-7-6-8-14(19)2/h9,14H,3-8,10-13H2,1-2H3,(H,20,25)/t14-,19-/m1/s1. The molecule has 0 aromatic heterocycles. The summed E-state index contributed by atoms with van der Waals surface area (Å²) in [6.07, 6.45) is 9.53. The number of rotatable bonds is 5. The summed E-state index contributed by atoms with van der Waals surface area (Å²) in [5, 5.41) is 2.92. The van der Waals surface area contributed by atoms with Crippen LogP contribution in [0.2, 0.25) is 0 Å². The lowest BCUT2D eigenvalue weighted by molar-refractivity contribution is -0.139. The van der Waals surface area contributed by atoms with Crippen molar-refractivity contribution in [2.75, 3.05) is 13.1 Å². The third kappa shape index (κ3) is 3.18. The van der Waals surface area contributed by atoms with E-state index < -0.39 is 11.6 Å². The van der Waals surface area contributed by atoms with E-state index in [2.05, 4.69) is 11.4 Å². The Labute approximate surface area is 149 Å². The van der Waals surface area contributed by atoms with Crippen molar-refractivity contribution in [1.29, 1.82) is 0 Å². The average Bonchev–Trinajstić information content (AvgIpc) is 3.19. The minimum atomic E-state index is -0.794. The molecule has 6 nitrogen and oxygen atoms in total. The van der Waals surface area contributed by atoms with E-state index in [0.717, 1.165) is 55.5 Å². The van der Waals surface area contributed by atoms with Crippen LogP contribution < -0.4 is 5.32 Å². The molecule has 3 rings (SSSR count). The van der Waals surface area contributed by atoms with Gasteiger partial charge in [0.2, 0.25) is 5.91 Å². The Morgan fingerprint density at radius 3 is 2.80 bits per heavy atom. The number of hydrogen-bond donors (Lipinski definition) is 1. The highest BCUT2D eigenvalue weighted by molar-refractivity contribution is 6.09. The second-order valence-electron chi connectivity index (χ2n) is 7.57. The van der Waals surface area contributed by atoms with Crippen LogP contribution in [0.4, 0.5) is 4.79 Å². The fourth-order valence-corrected chi connectivity index (χ4v) is 4.41. The first-order chi connectivity index (χ1) is 12.0. The van der Waals surface area contributed by atoms with Crippen molar-refractivity contribution in [3.63, 3.8) is 0 Å². The van der Waals surface area contributed by atoms with E-state index in [4.69, 9.17) is 0 Å². The summed E-state index contributed by atoms with van der Waals surface area (Å²) in [6, 6.07) is -0.413. The first kappa shape index (κ1) is 18.0. The number of nitrogens with one attached hydrogen (secondary N) is 1. The van der Waals surface area contributed by atoms with E-state index in [0.29, 0.717) is 13.0 Å². The molecule has 1 saturated heterocycles. The molecule has 0 aromatic rings. The van der Waals surface area contributed by atoms with Crippen molar-refractivity contribution in [2.45, 2.75) is 70.8 Å². The van der Waals surface area contributed by atoms with Gasteiger partial charge >= 0.3 is 6.03 Å². The molecule has 1 aliphatic heterocycles. The van der Waals surface area contributed by atoms with E-state index >= 15 is 0 Å². The van der Waals surface area contributed by atoms with Gasteiger partial charge in [-0.05, 0) is 44.4 Å². The van der Waals surface area contributed by atoms with Crippen LogP contribution in [0, 0.1) is 5.92 Å². The van der Waals surface area contributed by atoms with Gasteiger partial charge in [-0.1, -0.05) is 32.8 Å². The van der Waals surface area contributed by atoms with E-state index in [1.54, 1.807) is 4.90 Å². The van der Waals surface area contributed by atoms with Crippen molar-refractivity contribution >= 4 is 17.8 Å². The number of allylic oxidation sites excluding steroid dienone is 2. The molecule has 1 N–H and O–H groups in total. The minimum Gasteiger partial charge on any atom is -0.323 e. The maximum absolute atomic E-state index is 13.0. The lowest BCUT2D eigenvalue weighted by atomic mass is 9.73. The molecule has 2 fully saturated rings. The highest BCUT2D eigenvalue weighted by atomic mass is 16.2. The number of nitrogens with zero attached hydrogens (tertiary/aromatic N) is 2. The van der Waals surface area contributed by atoms with Gasteiger partial charge in [0, 0.05) is 12.2 Å². The summed E-state index contributed by atoms with van der Waals surface area (Å²) in [5.74, 6) is -0.254. The molecule has 0 aromatic carbocycles. The molecule has 6 heteroatoms. The zero-order chi connectivity index (χ0) is 18.0. The van der Waals surface area contributed by atoms with Crippen LogP contribution >= 0.6 is 0 Å². The van der Waals surface area contributed by atoms with Crippen LogP contribution in [-0.4, -0.2) is 46.3 Å². The molecule has 138 valence electrons. The van der Waals surface area contributed by atoms with Crippen molar-refractivity contribution in [2.24, 2.45) is 5.92 Å². The predicted molar refractivity (Wildman–Crippen MR) is 94.5 cm³/mol. The number of urea groups is 1. The van der Waals surface area contributed by atoms with Gasteiger partial charge in [0.15, 0.2) is 0 Å². The topological polar surface area (TPSA) is 69.7 Å². The van der Waals surface area contributed by atoms with Gasteiger partial charge in [0.25, 0.3) is 5.91 Å². The van der Waals surface area contributed by atoms with Gasteiger partial charge < -0.3 is 10.2 Å². The molecule has 0 unspecified atom stereocenters. The number of imide groups is 1. The molecule has 25 heavy (non-hydrogen) atoms. The lowest BCUT2D eigenvalue weighted by Gasteiger charge is -2.36. The molecule has 0 bridgehead atoms. The average molecular weight is 347 g/mol. The monoisotopic (exact) mass is 347 g/mol. The quantitative estimate of drug-likeness (QED) is 0.778.